The fourth-order valence-electron chi connectivity index (χ4n) is 3.79. The molecule has 168 valence electrons. The largest absolute Gasteiger partial charge is 0.465 e. The van der Waals surface area contributed by atoms with Crippen LogP contribution >= 0.6 is 11.3 Å². The van der Waals surface area contributed by atoms with Crippen LogP contribution in [0.3, 0.4) is 0 Å². The molecule has 0 radical (unpaired) electrons. The van der Waals surface area contributed by atoms with Gasteiger partial charge in [-0.2, -0.15) is 0 Å². The minimum Gasteiger partial charge on any atom is -0.465 e. The number of hydrogen-bond acceptors (Lipinski definition) is 5. The first-order valence-corrected chi connectivity index (χ1v) is 12.0. The molecule has 1 heterocycles. The minimum atomic E-state index is -0.308. The van der Waals surface area contributed by atoms with E-state index in [-0.39, 0.29) is 5.97 Å². The van der Waals surface area contributed by atoms with Gasteiger partial charge in [-0.1, -0.05) is 66.7 Å². The third kappa shape index (κ3) is 5.88. The van der Waals surface area contributed by atoms with E-state index in [1.807, 2.05) is 42.5 Å². The summed E-state index contributed by atoms with van der Waals surface area (Å²) in [7, 11) is 1.40. The maximum absolute atomic E-state index is 11.7. The summed E-state index contributed by atoms with van der Waals surface area (Å²) in [4.78, 5) is 19.0. The number of hydrogen-bond donors (Lipinski definition) is 0. The van der Waals surface area contributed by atoms with Crippen LogP contribution in [0.25, 0.3) is 11.3 Å². The molecular formula is C28H28N2O2S. The summed E-state index contributed by atoms with van der Waals surface area (Å²) in [5, 5.41) is 3.17. The average Bonchev–Trinajstić information content (AvgIpc) is 3.35. The molecule has 0 fully saturated rings. The summed E-state index contributed by atoms with van der Waals surface area (Å²) in [5.74, 6) is -0.308. The Morgan fingerprint density at radius 3 is 2.33 bits per heavy atom. The molecule has 0 spiro atoms. The zero-order valence-electron chi connectivity index (χ0n) is 19.0. The Bertz CT molecular complexity index is 1190. The number of anilines is 1. The topological polar surface area (TPSA) is 42.4 Å². The average molecular weight is 457 g/mol. The predicted octanol–water partition coefficient (Wildman–Crippen LogP) is 6.20. The Labute approximate surface area is 199 Å². The third-order valence-corrected chi connectivity index (χ3v) is 6.69. The molecule has 4 rings (SSSR count). The number of carbonyl (C=O) groups excluding carboxylic acids is 1. The lowest BCUT2D eigenvalue weighted by Gasteiger charge is -2.22. The molecule has 33 heavy (non-hydrogen) atoms. The quantitative estimate of drug-likeness (QED) is 0.281. The SMILES string of the molecule is COC(=O)c1ccc(CCN(CCc2ccccc2C)c2nc(-c3ccccc3)cs2)cc1. The molecule has 3 aromatic carbocycles. The maximum Gasteiger partial charge on any atom is 0.337 e. The summed E-state index contributed by atoms with van der Waals surface area (Å²) in [6.07, 6.45) is 1.84. The number of carbonyl (C=O) groups is 1. The second-order valence-corrected chi connectivity index (χ2v) is 8.82. The Balaban J connectivity index is 1.50. The van der Waals surface area contributed by atoms with Gasteiger partial charge in [-0.3, -0.25) is 0 Å². The van der Waals surface area contributed by atoms with Gasteiger partial charge >= 0.3 is 5.97 Å². The van der Waals surface area contributed by atoms with Crippen molar-refractivity contribution in [2.24, 2.45) is 0 Å². The molecule has 0 N–H and O–H groups in total. The third-order valence-electron chi connectivity index (χ3n) is 5.79. The normalized spacial score (nSPS) is 10.7. The van der Waals surface area contributed by atoms with Crippen molar-refractivity contribution in [3.05, 3.63) is 106 Å². The van der Waals surface area contributed by atoms with E-state index in [1.54, 1.807) is 11.3 Å². The van der Waals surface area contributed by atoms with Gasteiger partial charge in [0, 0.05) is 24.0 Å². The standard InChI is InChI=1S/C28H28N2O2S/c1-21-8-6-7-9-23(21)17-19-30(18-16-22-12-14-25(15-13-22)27(31)32-2)28-29-26(20-33-28)24-10-4-3-5-11-24/h3-15,20H,16-19H2,1-2H3. The highest BCUT2D eigenvalue weighted by molar-refractivity contribution is 7.14. The highest BCUT2D eigenvalue weighted by atomic mass is 32.1. The van der Waals surface area contributed by atoms with Crippen LogP contribution in [0.1, 0.15) is 27.0 Å². The van der Waals surface area contributed by atoms with Crippen LogP contribution in [-0.2, 0) is 17.6 Å². The van der Waals surface area contributed by atoms with E-state index in [9.17, 15) is 4.79 Å². The fourth-order valence-corrected chi connectivity index (χ4v) is 4.68. The minimum absolute atomic E-state index is 0.308. The fraction of sp³-hybridized carbons (Fsp3) is 0.214. The molecule has 0 saturated heterocycles. The van der Waals surface area contributed by atoms with E-state index < -0.39 is 0 Å². The molecule has 0 atom stereocenters. The van der Waals surface area contributed by atoms with E-state index in [4.69, 9.17) is 9.72 Å². The van der Waals surface area contributed by atoms with Crippen molar-refractivity contribution < 1.29 is 9.53 Å². The molecule has 4 nitrogen and oxygen atoms in total. The first-order chi connectivity index (χ1) is 16.1. The van der Waals surface area contributed by atoms with Crippen molar-refractivity contribution in [3.63, 3.8) is 0 Å². The van der Waals surface area contributed by atoms with Crippen molar-refractivity contribution >= 4 is 22.4 Å². The summed E-state index contributed by atoms with van der Waals surface area (Å²) < 4.78 is 4.80. The van der Waals surface area contributed by atoms with Gasteiger partial charge in [0.15, 0.2) is 5.13 Å². The van der Waals surface area contributed by atoms with E-state index in [0.717, 1.165) is 42.3 Å². The van der Waals surface area contributed by atoms with Gasteiger partial charge in [0.05, 0.1) is 18.4 Å². The van der Waals surface area contributed by atoms with Crippen LogP contribution < -0.4 is 4.90 Å². The lowest BCUT2D eigenvalue weighted by molar-refractivity contribution is 0.0600. The number of rotatable bonds is 9. The van der Waals surface area contributed by atoms with E-state index in [2.05, 4.69) is 53.6 Å². The highest BCUT2D eigenvalue weighted by Gasteiger charge is 2.14. The van der Waals surface area contributed by atoms with Crippen LogP contribution in [-0.4, -0.2) is 31.2 Å². The molecule has 0 bridgehead atoms. The second kappa shape index (κ2) is 10.9. The Hall–Kier alpha value is -3.44. The van der Waals surface area contributed by atoms with Gasteiger partial charge in [-0.15, -0.1) is 11.3 Å². The summed E-state index contributed by atoms with van der Waals surface area (Å²) in [6.45, 7) is 3.91. The molecule has 0 aliphatic heterocycles. The summed E-state index contributed by atoms with van der Waals surface area (Å²) in [6, 6.07) is 26.5. The molecule has 0 aliphatic rings. The summed E-state index contributed by atoms with van der Waals surface area (Å²) >= 11 is 1.69. The van der Waals surface area contributed by atoms with Gasteiger partial charge < -0.3 is 9.64 Å². The van der Waals surface area contributed by atoms with E-state index in [1.165, 1.54) is 23.8 Å². The van der Waals surface area contributed by atoms with E-state index >= 15 is 0 Å². The van der Waals surface area contributed by atoms with Crippen molar-refractivity contribution in [2.45, 2.75) is 19.8 Å². The van der Waals surface area contributed by atoms with Gasteiger partial charge in [0.1, 0.15) is 0 Å². The number of methoxy groups -OCH3 is 1. The lowest BCUT2D eigenvalue weighted by Crippen LogP contribution is -2.28. The molecular weight excluding hydrogens is 428 g/mol. The number of nitrogens with zero attached hydrogens (tertiary/aromatic N) is 2. The molecule has 0 saturated carbocycles. The predicted molar refractivity (Wildman–Crippen MR) is 136 cm³/mol. The maximum atomic E-state index is 11.7. The van der Waals surface area contributed by atoms with Gasteiger partial charge in [0.2, 0.25) is 0 Å². The molecule has 0 aliphatic carbocycles. The number of benzene rings is 3. The lowest BCUT2D eigenvalue weighted by atomic mass is 10.1. The zero-order valence-corrected chi connectivity index (χ0v) is 19.8. The molecule has 5 heteroatoms. The number of esters is 1. The monoisotopic (exact) mass is 456 g/mol. The smallest absolute Gasteiger partial charge is 0.337 e. The molecule has 1 aromatic heterocycles. The molecule has 4 aromatic rings. The van der Waals surface area contributed by atoms with Crippen molar-refractivity contribution in [2.75, 3.05) is 25.1 Å². The molecule has 0 amide bonds. The number of thiazole rings is 1. The number of aryl methyl sites for hydroxylation is 1. The number of aromatic nitrogens is 1. The zero-order chi connectivity index (χ0) is 23.0. The first-order valence-electron chi connectivity index (χ1n) is 11.1. The van der Waals surface area contributed by atoms with Crippen molar-refractivity contribution in [3.8, 4) is 11.3 Å². The van der Waals surface area contributed by atoms with Gasteiger partial charge in [-0.25, -0.2) is 9.78 Å². The Morgan fingerprint density at radius 2 is 1.61 bits per heavy atom. The molecule has 0 unspecified atom stereocenters. The van der Waals surface area contributed by atoms with Gasteiger partial charge in [0.25, 0.3) is 0 Å². The van der Waals surface area contributed by atoms with Crippen molar-refractivity contribution in [1.82, 2.24) is 4.98 Å². The van der Waals surface area contributed by atoms with Crippen LogP contribution in [0.4, 0.5) is 5.13 Å². The summed E-state index contributed by atoms with van der Waals surface area (Å²) in [5.41, 5.74) is 6.59. The van der Waals surface area contributed by atoms with Crippen molar-refractivity contribution in [1.29, 1.82) is 0 Å². The van der Waals surface area contributed by atoms with E-state index in [0.29, 0.717) is 5.56 Å². The van der Waals surface area contributed by atoms with Crippen LogP contribution in [0, 0.1) is 6.92 Å². The highest BCUT2D eigenvalue weighted by Crippen LogP contribution is 2.28. The Kier molecular flexibility index (Phi) is 7.53. The number of ether oxygens (including phenoxy) is 1. The second-order valence-electron chi connectivity index (χ2n) is 7.98. The van der Waals surface area contributed by atoms with Crippen LogP contribution in [0.2, 0.25) is 0 Å². The Morgan fingerprint density at radius 1 is 0.909 bits per heavy atom. The van der Waals surface area contributed by atoms with Gasteiger partial charge in [-0.05, 0) is 48.6 Å². The first kappa shape index (κ1) is 22.7. The van der Waals surface area contributed by atoms with Crippen LogP contribution in [0.5, 0.6) is 0 Å². The van der Waals surface area contributed by atoms with Crippen LogP contribution in [0.15, 0.2) is 84.2 Å².